The Hall–Kier alpha value is -3.93. The maximum atomic E-state index is 11.9. The number of nitro groups is 1. The fourth-order valence-electron chi connectivity index (χ4n) is 4.35. The highest BCUT2D eigenvalue weighted by atomic mass is 16.6. The number of piperidine rings is 1. The largest absolute Gasteiger partial charge is 0.366 e. The van der Waals surface area contributed by atoms with Crippen LogP contribution in [-0.4, -0.2) is 28.0 Å². The van der Waals surface area contributed by atoms with Crippen molar-refractivity contribution in [3.05, 3.63) is 89.0 Å². The van der Waals surface area contributed by atoms with Crippen LogP contribution in [0.2, 0.25) is 0 Å². The van der Waals surface area contributed by atoms with E-state index in [-0.39, 0.29) is 10.6 Å². The van der Waals surface area contributed by atoms with Gasteiger partial charge in [0.1, 0.15) is 11.5 Å². The van der Waals surface area contributed by atoms with E-state index in [1.807, 2.05) is 72.8 Å². The second kappa shape index (κ2) is 8.67. The zero-order chi connectivity index (χ0) is 21.9. The highest BCUT2D eigenvalue weighted by Crippen LogP contribution is 2.37. The molecule has 6 nitrogen and oxygen atoms in total. The molecule has 0 aliphatic carbocycles. The number of anilines is 1. The van der Waals surface area contributed by atoms with E-state index in [0.29, 0.717) is 17.1 Å². The minimum Gasteiger partial charge on any atom is -0.366 e. The van der Waals surface area contributed by atoms with Crippen LogP contribution < -0.4 is 4.90 Å². The lowest BCUT2D eigenvalue weighted by Gasteiger charge is -2.28. The van der Waals surface area contributed by atoms with Gasteiger partial charge in [0.15, 0.2) is 0 Å². The Morgan fingerprint density at radius 3 is 2.12 bits per heavy atom. The SMILES string of the molecule is O=[N+]([O-])c1cc(-c2nc(-c3ccccc3)c(-c3ccccc3)[nH]2)ccc1N1CCCCC1. The van der Waals surface area contributed by atoms with Crippen LogP contribution in [0.4, 0.5) is 11.4 Å². The number of H-pyrrole nitrogens is 1. The van der Waals surface area contributed by atoms with E-state index in [4.69, 9.17) is 4.98 Å². The highest BCUT2D eigenvalue weighted by molar-refractivity contribution is 5.82. The van der Waals surface area contributed by atoms with E-state index in [2.05, 4.69) is 9.88 Å². The number of hydrogen-bond acceptors (Lipinski definition) is 4. The van der Waals surface area contributed by atoms with E-state index in [1.54, 1.807) is 6.07 Å². The van der Waals surface area contributed by atoms with Crippen LogP contribution in [0, 0.1) is 10.1 Å². The van der Waals surface area contributed by atoms with Crippen molar-refractivity contribution in [3.8, 4) is 33.9 Å². The number of aromatic nitrogens is 2. The number of imidazole rings is 1. The van der Waals surface area contributed by atoms with E-state index in [1.165, 1.54) is 6.42 Å². The third kappa shape index (κ3) is 3.87. The van der Waals surface area contributed by atoms with Crippen molar-refractivity contribution in [1.29, 1.82) is 0 Å². The first kappa shape index (κ1) is 20.0. The summed E-state index contributed by atoms with van der Waals surface area (Å²) in [6.45, 7) is 1.72. The Bertz CT molecular complexity index is 1170. The van der Waals surface area contributed by atoms with E-state index in [0.717, 1.165) is 48.4 Å². The van der Waals surface area contributed by atoms with Crippen LogP contribution in [0.1, 0.15) is 19.3 Å². The van der Waals surface area contributed by atoms with E-state index >= 15 is 0 Å². The van der Waals surface area contributed by atoms with Gasteiger partial charge in [0, 0.05) is 35.8 Å². The van der Waals surface area contributed by atoms with Gasteiger partial charge in [0.2, 0.25) is 0 Å². The monoisotopic (exact) mass is 424 g/mol. The molecule has 1 fully saturated rings. The first-order valence-corrected chi connectivity index (χ1v) is 11.0. The molecule has 1 N–H and O–H groups in total. The summed E-state index contributed by atoms with van der Waals surface area (Å²) in [5.74, 6) is 0.621. The molecule has 1 saturated heterocycles. The zero-order valence-electron chi connectivity index (χ0n) is 17.7. The van der Waals surface area contributed by atoms with E-state index < -0.39 is 0 Å². The second-order valence-electron chi connectivity index (χ2n) is 8.05. The molecule has 0 radical (unpaired) electrons. The van der Waals surface area contributed by atoms with Gasteiger partial charge in [0.25, 0.3) is 5.69 Å². The average molecular weight is 425 g/mol. The molecule has 0 bridgehead atoms. The maximum absolute atomic E-state index is 11.9. The Morgan fingerprint density at radius 1 is 0.812 bits per heavy atom. The Labute approximate surface area is 186 Å². The molecule has 0 saturated carbocycles. The number of aromatic amines is 1. The molecular weight excluding hydrogens is 400 g/mol. The van der Waals surface area contributed by atoms with Gasteiger partial charge < -0.3 is 9.88 Å². The van der Waals surface area contributed by atoms with Crippen molar-refractivity contribution in [2.45, 2.75) is 19.3 Å². The lowest BCUT2D eigenvalue weighted by molar-refractivity contribution is -0.384. The average Bonchev–Trinajstić information content (AvgIpc) is 3.31. The van der Waals surface area contributed by atoms with Gasteiger partial charge in [0.05, 0.1) is 16.3 Å². The van der Waals surface area contributed by atoms with Crippen LogP contribution in [0.15, 0.2) is 78.9 Å². The van der Waals surface area contributed by atoms with Crippen LogP contribution in [-0.2, 0) is 0 Å². The number of benzene rings is 3. The van der Waals surface area contributed by atoms with Gasteiger partial charge in [-0.2, -0.15) is 0 Å². The Balaban J connectivity index is 1.61. The van der Waals surface area contributed by atoms with Gasteiger partial charge in [-0.25, -0.2) is 4.98 Å². The number of hydrogen-bond donors (Lipinski definition) is 1. The fourth-order valence-corrected chi connectivity index (χ4v) is 4.35. The number of nitro benzene ring substituents is 1. The van der Waals surface area contributed by atoms with Crippen LogP contribution in [0.25, 0.3) is 33.9 Å². The molecular formula is C26H24N4O2. The third-order valence-corrected chi connectivity index (χ3v) is 5.96. The van der Waals surface area contributed by atoms with Crippen LogP contribution >= 0.6 is 0 Å². The number of nitrogens with one attached hydrogen (secondary N) is 1. The summed E-state index contributed by atoms with van der Waals surface area (Å²) in [4.78, 5) is 22.1. The van der Waals surface area contributed by atoms with Crippen molar-refractivity contribution in [2.75, 3.05) is 18.0 Å². The predicted octanol–water partition coefficient (Wildman–Crippen LogP) is 6.31. The summed E-state index contributed by atoms with van der Waals surface area (Å²) < 4.78 is 0. The van der Waals surface area contributed by atoms with Crippen molar-refractivity contribution in [3.63, 3.8) is 0 Å². The summed E-state index contributed by atoms with van der Waals surface area (Å²) in [6, 6.07) is 25.4. The van der Waals surface area contributed by atoms with Gasteiger partial charge in [-0.15, -0.1) is 0 Å². The second-order valence-corrected chi connectivity index (χ2v) is 8.05. The molecule has 3 aromatic carbocycles. The molecule has 0 unspecified atom stereocenters. The fraction of sp³-hybridized carbons (Fsp3) is 0.192. The number of rotatable bonds is 5. The molecule has 160 valence electrons. The minimum absolute atomic E-state index is 0.128. The van der Waals surface area contributed by atoms with E-state index in [9.17, 15) is 10.1 Å². The normalized spacial score (nSPS) is 13.8. The van der Waals surface area contributed by atoms with Crippen molar-refractivity contribution >= 4 is 11.4 Å². The molecule has 0 amide bonds. The molecule has 0 spiro atoms. The predicted molar refractivity (Wildman–Crippen MR) is 128 cm³/mol. The quantitative estimate of drug-likeness (QED) is 0.301. The lowest BCUT2D eigenvalue weighted by atomic mass is 10.1. The molecule has 1 aromatic heterocycles. The summed E-state index contributed by atoms with van der Waals surface area (Å²) in [5.41, 5.74) is 5.26. The number of nitrogens with zero attached hydrogens (tertiary/aromatic N) is 3. The van der Waals surface area contributed by atoms with Crippen LogP contribution in [0.5, 0.6) is 0 Å². The Morgan fingerprint density at radius 2 is 1.47 bits per heavy atom. The van der Waals surface area contributed by atoms with Gasteiger partial charge in [-0.1, -0.05) is 60.7 Å². The first-order valence-electron chi connectivity index (χ1n) is 11.0. The molecule has 2 heterocycles. The summed E-state index contributed by atoms with van der Waals surface area (Å²) in [5, 5.41) is 11.9. The Kier molecular flexibility index (Phi) is 5.42. The van der Waals surface area contributed by atoms with Gasteiger partial charge in [-0.3, -0.25) is 10.1 Å². The van der Waals surface area contributed by atoms with Gasteiger partial charge >= 0.3 is 0 Å². The van der Waals surface area contributed by atoms with Crippen LogP contribution in [0.3, 0.4) is 0 Å². The minimum atomic E-state index is -0.285. The van der Waals surface area contributed by atoms with Crippen molar-refractivity contribution in [2.24, 2.45) is 0 Å². The molecule has 6 heteroatoms. The molecule has 5 rings (SSSR count). The molecule has 1 aliphatic rings. The molecule has 0 atom stereocenters. The maximum Gasteiger partial charge on any atom is 0.293 e. The smallest absolute Gasteiger partial charge is 0.293 e. The summed E-state index contributed by atoms with van der Waals surface area (Å²) in [6.07, 6.45) is 3.31. The lowest BCUT2D eigenvalue weighted by Crippen LogP contribution is -2.29. The van der Waals surface area contributed by atoms with Crippen molar-refractivity contribution in [1.82, 2.24) is 9.97 Å². The summed E-state index contributed by atoms with van der Waals surface area (Å²) in [7, 11) is 0. The summed E-state index contributed by atoms with van der Waals surface area (Å²) >= 11 is 0. The highest BCUT2D eigenvalue weighted by Gasteiger charge is 2.23. The topological polar surface area (TPSA) is 75.1 Å². The molecule has 4 aromatic rings. The zero-order valence-corrected chi connectivity index (χ0v) is 17.7. The standard InChI is InChI=1S/C26H24N4O2/c31-30(32)23-18-21(14-15-22(23)29-16-8-3-9-17-29)26-27-24(19-10-4-1-5-11-19)25(28-26)20-12-6-2-7-13-20/h1-2,4-7,10-15,18H,3,8-9,16-17H2,(H,27,28). The van der Waals surface area contributed by atoms with Crippen molar-refractivity contribution < 1.29 is 4.92 Å². The first-order chi connectivity index (χ1) is 15.7. The molecule has 1 aliphatic heterocycles. The third-order valence-electron chi connectivity index (χ3n) is 5.96. The molecule has 32 heavy (non-hydrogen) atoms. The van der Waals surface area contributed by atoms with Gasteiger partial charge in [-0.05, 0) is 31.4 Å².